The highest BCUT2D eigenvalue weighted by Crippen LogP contribution is 2.34. The third-order valence-corrected chi connectivity index (χ3v) is 4.91. The van der Waals surface area contributed by atoms with E-state index in [1.807, 2.05) is 0 Å². The number of carbonyl (C=O) groups is 1. The molecule has 0 spiro atoms. The maximum Gasteiger partial charge on any atom is 0.350 e. The molecular weight excluding hydrogens is 322 g/mol. The number of hydrogen-bond donors (Lipinski definition) is 0. The fourth-order valence-corrected chi connectivity index (χ4v) is 3.69. The topological polar surface area (TPSA) is 55.7 Å². The van der Waals surface area contributed by atoms with Crippen molar-refractivity contribution in [2.45, 2.75) is 71.1 Å². The van der Waals surface area contributed by atoms with Crippen LogP contribution in [0.25, 0.3) is 0 Å². The van der Waals surface area contributed by atoms with Gasteiger partial charge in [0.1, 0.15) is 6.21 Å². The van der Waals surface area contributed by atoms with Crippen LogP contribution in [0, 0.1) is 0 Å². The van der Waals surface area contributed by atoms with Gasteiger partial charge in [0, 0.05) is 0 Å². The zero-order valence-corrected chi connectivity index (χ0v) is 16.6. The fraction of sp³-hybridized carbons (Fsp3) is 0.579. The van der Waals surface area contributed by atoms with Gasteiger partial charge in [0.2, 0.25) is 0 Å². The molecule has 0 amide bonds. The molecular formula is C19H29NO3S. The van der Waals surface area contributed by atoms with Gasteiger partial charge >= 0.3 is 5.97 Å². The van der Waals surface area contributed by atoms with Crippen molar-refractivity contribution < 1.29 is 13.7 Å². The van der Waals surface area contributed by atoms with E-state index < -0.39 is 17.0 Å². The predicted molar refractivity (Wildman–Crippen MR) is 100 cm³/mol. The van der Waals surface area contributed by atoms with Gasteiger partial charge in [0.15, 0.2) is 11.0 Å². The quantitative estimate of drug-likeness (QED) is 0.528. The lowest BCUT2D eigenvalue weighted by atomic mass is 9.89. The van der Waals surface area contributed by atoms with Crippen molar-refractivity contribution in [2.24, 2.45) is 4.40 Å². The molecule has 0 N–H and O–H groups in total. The van der Waals surface area contributed by atoms with Crippen molar-refractivity contribution in [1.82, 2.24) is 0 Å². The molecule has 1 aromatic rings. The Hall–Kier alpha value is -1.49. The molecule has 5 heteroatoms. The number of nitrogens with zero attached hydrogens (tertiary/aromatic N) is 1. The normalized spacial score (nSPS) is 13.2. The van der Waals surface area contributed by atoms with Gasteiger partial charge in [0.25, 0.3) is 0 Å². The van der Waals surface area contributed by atoms with Crippen LogP contribution in [0.4, 0.5) is 0 Å². The number of carbonyl (C=O) groups excluding carboxylic acids is 1. The van der Waals surface area contributed by atoms with E-state index in [-0.39, 0.29) is 18.4 Å². The summed E-state index contributed by atoms with van der Waals surface area (Å²) in [4.78, 5) is 12.2. The summed E-state index contributed by atoms with van der Waals surface area (Å²) in [6, 6.07) is 4.24. The first kappa shape index (κ1) is 20.6. The van der Waals surface area contributed by atoms with Crippen LogP contribution in [0.3, 0.4) is 0 Å². The first-order valence-electron chi connectivity index (χ1n) is 8.49. The predicted octanol–water partition coefficient (Wildman–Crippen LogP) is 4.71. The summed E-state index contributed by atoms with van der Waals surface area (Å²) >= 11 is 0. The number of hydrogen-bond acceptors (Lipinski definition) is 3. The van der Waals surface area contributed by atoms with Gasteiger partial charge < -0.3 is 4.74 Å². The average molecular weight is 352 g/mol. The highest BCUT2D eigenvalue weighted by atomic mass is 32.2. The molecule has 0 aliphatic carbocycles. The van der Waals surface area contributed by atoms with Crippen molar-refractivity contribution >= 4 is 23.2 Å². The van der Waals surface area contributed by atoms with Gasteiger partial charge in [-0.15, -0.1) is 0 Å². The minimum atomic E-state index is -1.62. The summed E-state index contributed by atoms with van der Waals surface area (Å²) in [6.45, 7) is 14.6. The van der Waals surface area contributed by atoms with Crippen molar-refractivity contribution in [2.75, 3.05) is 6.61 Å². The molecule has 0 radical (unpaired) electrons. The lowest BCUT2D eigenvalue weighted by molar-refractivity contribution is -0.134. The molecule has 1 aromatic carbocycles. The zero-order valence-electron chi connectivity index (χ0n) is 15.8. The van der Waals surface area contributed by atoms with Gasteiger partial charge in [-0.25, -0.2) is 9.00 Å². The molecule has 1 atom stereocenters. The van der Waals surface area contributed by atoms with Gasteiger partial charge in [-0.1, -0.05) is 53.7 Å². The third-order valence-electron chi connectivity index (χ3n) is 3.79. The number of esters is 1. The van der Waals surface area contributed by atoms with E-state index >= 15 is 0 Å². The Balaban J connectivity index is 3.43. The molecule has 0 aliphatic rings. The number of rotatable bonds is 7. The summed E-state index contributed by atoms with van der Waals surface area (Å²) in [5.41, 5.74) is 3.30. The Labute approximate surface area is 148 Å². The largest absolute Gasteiger partial charge is 0.462 e. The summed E-state index contributed by atoms with van der Waals surface area (Å²) in [5.74, 6) is 0.267. The van der Waals surface area contributed by atoms with Gasteiger partial charge in [-0.3, -0.25) is 0 Å². The minimum Gasteiger partial charge on any atom is -0.462 e. The van der Waals surface area contributed by atoms with Crippen LogP contribution in [0.1, 0.15) is 82.9 Å². The Kier molecular flexibility index (Phi) is 7.80. The summed E-state index contributed by atoms with van der Waals surface area (Å²) in [7, 11) is -1.62. The van der Waals surface area contributed by atoms with Crippen LogP contribution in [0.5, 0.6) is 0 Å². The van der Waals surface area contributed by atoms with Gasteiger partial charge in [-0.05, 0) is 41.4 Å². The maximum atomic E-state index is 12.8. The molecule has 134 valence electrons. The van der Waals surface area contributed by atoms with Crippen LogP contribution in [-0.2, 0) is 20.5 Å². The molecule has 0 aliphatic heterocycles. The first-order chi connectivity index (χ1) is 11.2. The average Bonchev–Trinajstić information content (AvgIpc) is 2.51. The van der Waals surface area contributed by atoms with Crippen molar-refractivity contribution in [3.63, 3.8) is 0 Å². The molecule has 0 saturated heterocycles. The third kappa shape index (κ3) is 5.26. The second-order valence-electron chi connectivity index (χ2n) is 6.73. The van der Waals surface area contributed by atoms with E-state index in [1.165, 1.54) is 5.56 Å². The molecule has 0 fully saturated rings. The van der Waals surface area contributed by atoms with Gasteiger partial charge in [0.05, 0.1) is 11.5 Å². The lowest BCUT2D eigenvalue weighted by Gasteiger charge is -2.21. The van der Waals surface area contributed by atoms with E-state index in [1.54, 1.807) is 6.92 Å². The summed E-state index contributed by atoms with van der Waals surface area (Å²) in [6.07, 6.45) is 1.02. The Morgan fingerprint density at radius 3 is 1.96 bits per heavy atom. The molecule has 24 heavy (non-hydrogen) atoms. The Morgan fingerprint density at radius 1 is 1.08 bits per heavy atom. The first-order valence-corrected chi connectivity index (χ1v) is 9.60. The fourth-order valence-electron chi connectivity index (χ4n) is 2.41. The van der Waals surface area contributed by atoms with Crippen molar-refractivity contribution in [3.05, 3.63) is 28.8 Å². The van der Waals surface area contributed by atoms with Crippen LogP contribution in [0.15, 0.2) is 21.4 Å². The van der Waals surface area contributed by atoms with E-state index in [2.05, 4.69) is 58.1 Å². The van der Waals surface area contributed by atoms with Crippen LogP contribution < -0.4 is 0 Å². The van der Waals surface area contributed by atoms with Gasteiger partial charge in [-0.2, -0.15) is 4.40 Å². The molecule has 0 aromatic heterocycles. The van der Waals surface area contributed by atoms with Crippen LogP contribution in [-0.4, -0.2) is 23.0 Å². The number of ether oxygens (including phenoxy) is 1. The van der Waals surface area contributed by atoms with E-state index in [0.29, 0.717) is 5.92 Å². The molecule has 1 unspecified atom stereocenters. The minimum absolute atomic E-state index is 0.220. The van der Waals surface area contributed by atoms with E-state index in [4.69, 9.17) is 4.74 Å². The second kappa shape index (κ2) is 9.11. The summed E-state index contributed by atoms with van der Waals surface area (Å²) in [5, 5.41) is 0. The maximum absolute atomic E-state index is 12.8. The second-order valence-corrected chi connectivity index (χ2v) is 7.85. The highest BCUT2D eigenvalue weighted by molar-refractivity contribution is 7.84. The summed E-state index contributed by atoms with van der Waals surface area (Å²) < 4.78 is 21.5. The Bertz CT molecular complexity index is 604. The van der Waals surface area contributed by atoms with Crippen molar-refractivity contribution in [1.29, 1.82) is 0 Å². The highest BCUT2D eigenvalue weighted by Gasteiger charge is 2.21. The van der Waals surface area contributed by atoms with E-state index in [9.17, 15) is 9.00 Å². The Morgan fingerprint density at radius 2 is 1.58 bits per heavy atom. The van der Waals surface area contributed by atoms with Crippen LogP contribution >= 0.6 is 0 Å². The van der Waals surface area contributed by atoms with E-state index in [0.717, 1.165) is 22.2 Å². The zero-order chi connectivity index (χ0) is 18.4. The molecule has 0 heterocycles. The standard InChI is InChI=1S/C19H29NO3S/c1-8-23-18(21)11-20-24(22)19-16(13(4)5)9-15(12(2)3)10-17(19)14(6)7/h9-14H,8H2,1-7H3/b20-11+. The van der Waals surface area contributed by atoms with Crippen molar-refractivity contribution in [3.8, 4) is 0 Å². The monoisotopic (exact) mass is 351 g/mol. The van der Waals surface area contributed by atoms with Crippen LogP contribution in [0.2, 0.25) is 0 Å². The molecule has 0 bridgehead atoms. The smallest absolute Gasteiger partial charge is 0.350 e. The molecule has 1 rings (SSSR count). The SMILES string of the molecule is CCOC(=O)/C=N/S(=O)c1c(C(C)C)cc(C(C)C)cc1C(C)C. The molecule has 4 nitrogen and oxygen atoms in total. The molecule has 0 saturated carbocycles. The lowest BCUT2D eigenvalue weighted by Crippen LogP contribution is -2.09. The number of benzene rings is 1.